The summed E-state index contributed by atoms with van der Waals surface area (Å²) in [5.74, 6) is 0. The molecule has 3 aromatic rings. The molecule has 0 aliphatic heterocycles. The summed E-state index contributed by atoms with van der Waals surface area (Å²) in [5, 5.41) is 0. The first-order chi connectivity index (χ1) is 15.4. The second kappa shape index (κ2) is 12.3. The fourth-order valence-corrected chi connectivity index (χ4v) is 14.7. The Morgan fingerprint density at radius 2 is 1.42 bits per heavy atom. The fourth-order valence-electron chi connectivity index (χ4n) is 5.28. The van der Waals surface area contributed by atoms with Crippen LogP contribution in [0.25, 0.3) is 11.1 Å². The predicted molar refractivity (Wildman–Crippen MR) is 130 cm³/mol. The van der Waals surface area contributed by atoms with Gasteiger partial charge in [0.1, 0.15) is 0 Å². The summed E-state index contributed by atoms with van der Waals surface area (Å²) in [5.41, 5.74) is 7.61. The molecule has 0 unspecified atom stereocenters. The van der Waals surface area contributed by atoms with Crippen LogP contribution in [0, 0.1) is 0 Å². The summed E-state index contributed by atoms with van der Waals surface area (Å²) in [6.45, 7) is 2.33. The van der Waals surface area contributed by atoms with Gasteiger partial charge in [0.15, 0.2) is 0 Å². The molecule has 0 saturated carbocycles. The van der Waals surface area contributed by atoms with Crippen LogP contribution in [0.5, 0.6) is 0 Å². The quantitative estimate of drug-likeness (QED) is 0.420. The number of halogens is 2. The Balaban J connectivity index is 0.00000153. The second-order valence-corrected chi connectivity index (χ2v) is 15.5. The van der Waals surface area contributed by atoms with E-state index in [4.69, 9.17) is 0 Å². The molecule has 0 heterocycles. The van der Waals surface area contributed by atoms with Gasteiger partial charge in [0.2, 0.25) is 0 Å². The molecule has 3 heteroatoms. The summed E-state index contributed by atoms with van der Waals surface area (Å²) in [6.07, 6.45) is 13.4. The van der Waals surface area contributed by atoms with Gasteiger partial charge in [-0.3, -0.25) is 0 Å². The third kappa shape index (κ3) is 5.43. The Morgan fingerprint density at radius 3 is 2.00 bits per heavy atom. The Bertz CT molecular complexity index is 1130. The molecule has 0 N–H and O–H groups in total. The molecule has 33 heavy (non-hydrogen) atoms. The summed E-state index contributed by atoms with van der Waals surface area (Å²) in [4.78, 5) is 0. The maximum atomic E-state index is 2.48. The fraction of sp³-hybridized carbons (Fsp3) is 0.233. The molecule has 5 rings (SSSR count). The number of unbranched alkanes of at least 4 members (excludes halogenated alkanes) is 1. The van der Waals surface area contributed by atoms with Gasteiger partial charge in [-0.05, 0) is 0 Å². The van der Waals surface area contributed by atoms with Crippen molar-refractivity contribution in [2.24, 2.45) is 0 Å². The van der Waals surface area contributed by atoms with Crippen molar-refractivity contribution >= 4 is 3.21 Å². The maximum Gasteiger partial charge on any atom is -1.00 e. The Morgan fingerprint density at radius 1 is 0.818 bits per heavy atom. The van der Waals surface area contributed by atoms with Crippen LogP contribution in [0.2, 0.25) is 0 Å². The maximum absolute atomic E-state index is 2.48. The molecule has 0 spiro atoms. The minimum absolute atomic E-state index is 0. The largest absolute Gasteiger partial charge is 1.00 e. The zero-order chi connectivity index (χ0) is 21.0. The van der Waals surface area contributed by atoms with Crippen molar-refractivity contribution in [1.29, 1.82) is 0 Å². The molecule has 0 radical (unpaired) electrons. The van der Waals surface area contributed by atoms with Crippen molar-refractivity contribution in [3.63, 3.8) is 0 Å². The topological polar surface area (TPSA) is 0 Å². The van der Waals surface area contributed by atoms with E-state index in [1.807, 2.05) is 3.21 Å². The van der Waals surface area contributed by atoms with Gasteiger partial charge in [-0.25, -0.2) is 0 Å². The van der Waals surface area contributed by atoms with E-state index in [-0.39, 0.29) is 24.8 Å². The van der Waals surface area contributed by atoms with Gasteiger partial charge in [0.05, 0.1) is 0 Å². The van der Waals surface area contributed by atoms with Crippen molar-refractivity contribution in [3.05, 3.63) is 117 Å². The number of hydrogen-bond donors (Lipinski definition) is 0. The molecular formula is C30H30Cl2Zr. The van der Waals surface area contributed by atoms with Gasteiger partial charge in [-0.2, -0.15) is 0 Å². The van der Waals surface area contributed by atoms with E-state index >= 15 is 0 Å². The standard InChI is InChI=1S/C13H9.C12H16.C5H5.2ClH.Zr/c1-3-7-12-10(5-1)9-11-6-2-4-8-13(11)12;1-2-3-4-6-9-12-10-7-5-8-11-12;1-2-4-5-3-1;;;/h1-9H;5,7-8,10-11H,2-4,9H2,1H3;1-3H,4H2;2*1H;/q;;;;;+2/p-2. The molecular weight excluding hydrogens is 522 g/mol. The Hall–Kier alpha value is -1.53. The van der Waals surface area contributed by atoms with Gasteiger partial charge in [-0.1, -0.05) is 0 Å². The van der Waals surface area contributed by atoms with Crippen LogP contribution in [-0.2, 0) is 27.7 Å². The molecule has 2 aliphatic rings. The van der Waals surface area contributed by atoms with Crippen LogP contribution in [0.4, 0.5) is 0 Å². The molecule has 0 saturated heterocycles. The number of benzene rings is 3. The van der Waals surface area contributed by atoms with E-state index in [2.05, 4.69) is 104 Å². The smallest absolute Gasteiger partial charge is 1.00 e. The van der Waals surface area contributed by atoms with Gasteiger partial charge >= 0.3 is 195 Å². The molecule has 0 aromatic heterocycles. The van der Waals surface area contributed by atoms with Crippen LogP contribution in [0.15, 0.2) is 100 Å². The van der Waals surface area contributed by atoms with Crippen LogP contribution < -0.4 is 24.8 Å². The second-order valence-electron chi connectivity index (χ2n) is 8.71. The van der Waals surface area contributed by atoms with Gasteiger partial charge in [-0.15, -0.1) is 0 Å². The van der Waals surface area contributed by atoms with E-state index in [0.717, 1.165) is 6.42 Å². The first-order valence-corrected chi connectivity index (χ1v) is 15.5. The molecule has 0 fully saturated rings. The van der Waals surface area contributed by atoms with Crippen LogP contribution >= 0.6 is 0 Å². The monoisotopic (exact) mass is 550 g/mol. The number of hydrogen-bond acceptors (Lipinski definition) is 0. The first-order valence-electron chi connectivity index (χ1n) is 11.7. The van der Waals surface area contributed by atoms with E-state index < -0.39 is 21.3 Å². The Kier molecular flexibility index (Phi) is 9.69. The predicted octanol–water partition coefficient (Wildman–Crippen LogP) is 1.83. The van der Waals surface area contributed by atoms with Crippen LogP contribution in [0.3, 0.4) is 0 Å². The summed E-state index contributed by atoms with van der Waals surface area (Å²) in [7, 11) is 0. The molecule has 0 amide bonds. The Labute approximate surface area is 218 Å². The minimum atomic E-state index is -2.19. The molecule has 0 bridgehead atoms. The zero-order valence-electron chi connectivity index (χ0n) is 19.1. The van der Waals surface area contributed by atoms with Crippen molar-refractivity contribution in [1.82, 2.24) is 0 Å². The van der Waals surface area contributed by atoms with Gasteiger partial charge in [0.25, 0.3) is 0 Å². The van der Waals surface area contributed by atoms with Gasteiger partial charge in [0, 0.05) is 0 Å². The van der Waals surface area contributed by atoms with Crippen molar-refractivity contribution in [3.8, 4) is 11.1 Å². The SMILES string of the molecule is CCCC/[C](Cc1ccccc1)=[Zr+2](/[C]1=CC=CC1)[CH]1c2ccccc2-c2ccccc21.[Cl-].[Cl-]. The van der Waals surface area contributed by atoms with E-state index in [0.29, 0.717) is 3.63 Å². The number of rotatable bonds is 7. The van der Waals surface area contributed by atoms with E-state index in [9.17, 15) is 0 Å². The third-order valence-corrected chi connectivity index (χ3v) is 15.2. The molecule has 0 atom stereocenters. The number of allylic oxidation sites excluding steroid dienone is 4. The van der Waals surface area contributed by atoms with Crippen molar-refractivity contribution in [2.75, 3.05) is 0 Å². The van der Waals surface area contributed by atoms with E-state index in [1.54, 1.807) is 14.4 Å². The van der Waals surface area contributed by atoms with Crippen molar-refractivity contribution in [2.45, 2.75) is 42.7 Å². The minimum Gasteiger partial charge on any atom is -1.00 e. The zero-order valence-corrected chi connectivity index (χ0v) is 23.1. The van der Waals surface area contributed by atoms with Crippen LogP contribution in [0.1, 0.15) is 52.9 Å². The number of fused-ring (bicyclic) bond motifs is 3. The molecule has 3 aromatic carbocycles. The first kappa shape index (κ1) is 26.1. The van der Waals surface area contributed by atoms with E-state index in [1.165, 1.54) is 42.4 Å². The van der Waals surface area contributed by atoms with Crippen LogP contribution in [-0.4, -0.2) is 3.21 Å². The average molecular weight is 553 g/mol. The molecule has 2 aliphatic carbocycles. The molecule has 168 valence electrons. The third-order valence-electron chi connectivity index (χ3n) is 6.71. The summed E-state index contributed by atoms with van der Waals surface area (Å²) in [6, 6.07) is 29.7. The van der Waals surface area contributed by atoms with Gasteiger partial charge < -0.3 is 24.8 Å². The summed E-state index contributed by atoms with van der Waals surface area (Å²) >= 11 is -2.19. The summed E-state index contributed by atoms with van der Waals surface area (Å²) < 4.78 is 4.28. The van der Waals surface area contributed by atoms with Crippen molar-refractivity contribution < 1.29 is 46.1 Å². The normalized spacial score (nSPS) is 14.0. The molecule has 0 nitrogen and oxygen atoms in total. The average Bonchev–Trinajstić information content (AvgIpc) is 3.46.